The first-order valence-electron chi connectivity index (χ1n) is 9.85. The van der Waals surface area contributed by atoms with Crippen LogP contribution in [-0.4, -0.2) is 16.8 Å². The fraction of sp³-hybridized carbons (Fsp3) is 0.240. The van der Waals surface area contributed by atoms with E-state index in [2.05, 4.69) is 4.98 Å². The fourth-order valence-electron chi connectivity index (χ4n) is 5.54. The number of carbonyl (C=O) groups is 2. The van der Waals surface area contributed by atoms with E-state index >= 15 is 0 Å². The van der Waals surface area contributed by atoms with Crippen molar-refractivity contribution in [2.75, 3.05) is 4.90 Å². The van der Waals surface area contributed by atoms with E-state index in [1.165, 1.54) is 4.90 Å². The zero-order valence-electron chi connectivity index (χ0n) is 16.7. The van der Waals surface area contributed by atoms with Gasteiger partial charge in [-0.15, -0.1) is 0 Å². The molecule has 1 aliphatic carbocycles. The standard InChI is InChI=1S/C25H22N2O2/c1-16-13-17(2)15-20(14-16)27-22(28)21-24(3,23(27)29)25(21,18-7-5-4-6-8-18)19-9-11-26-12-10-19/h4-15,21H,1-3H3/t21-,24-,25-/m1/s1. The van der Waals surface area contributed by atoms with Crippen LogP contribution in [-0.2, 0) is 15.0 Å². The van der Waals surface area contributed by atoms with Gasteiger partial charge in [0.15, 0.2) is 0 Å². The molecule has 2 fully saturated rings. The van der Waals surface area contributed by atoms with Crippen LogP contribution < -0.4 is 4.90 Å². The zero-order valence-corrected chi connectivity index (χ0v) is 16.7. The molecule has 1 saturated carbocycles. The summed E-state index contributed by atoms with van der Waals surface area (Å²) in [6.45, 7) is 5.90. The molecular weight excluding hydrogens is 360 g/mol. The molecule has 1 aliphatic heterocycles. The number of benzene rings is 2. The summed E-state index contributed by atoms with van der Waals surface area (Å²) in [4.78, 5) is 32.9. The molecule has 1 saturated heterocycles. The van der Waals surface area contributed by atoms with Crippen molar-refractivity contribution in [2.45, 2.75) is 26.2 Å². The van der Waals surface area contributed by atoms with Gasteiger partial charge in [0.1, 0.15) is 0 Å². The highest BCUT2D eigenvalue weighted by molar-refractivity contribution is 6.29. The van der Waals surface area contributed by atoms with E-state index in [0.29, 0.717) is 5.69 Å². The van der Waals surface area contributed by atoms with Crippen LogP contribution in [0, 0.1) is 25.2 Å². The van der Waals surface area contributed by atoms with Gasteiger partial charge in [0.25, 0.3) is 0 Å². The average molecular weight is 382 g/mol. The van der Waals surface area contributed by atoms with E-state index in [0.717, 1.165) is 22.3 Å². The number of nitrogens with zero attached hydrogens (tertiary/aromatic N) is 2. The molecule has 0 bridgehead atoms. The van der Waals surface area contributed by atoms with Crippen molar-refractivity contribution in [3.05, 3.63) is 95.3 Å². The minimum atomic E-state index is -0.815. The molecule has 2 amide bonds. The SMILES string of the molecule is Cc1cc(C)cc(N2C(=O)[C@H]3[C@@](c4ccccc4)(c4ccncc4)[C@@]3(C)C2=O)c1. The summed E-state index contributed by atoms with van der Waals surface area (Å²) in [6, 6.07) is 19.6. The van der Waals surface area contributed by atoms with Crippen LogP contribution in [0.2, 0.25) is 0 Å². The van der Waals surface area contributed by atoms with Crippen LogP contribution in [0.1, 0.15) is 29.2 Å². The molecule has 3 aromatic rings. The van der Waals surface area contributed by atoms with Gasteiger partial charge in [-0.2, -0.15) is 0 Å². The fourth-order valence-corrected chi connectivity index (χ4v) is 5.54. The van der Waals surface area contributed by atoms with E-state index in [1.807, 2.05) is 81.4 Å². The average Bonchev–Trinajstić information content (AvgIpc) is 3.23. The summed E-state index contributed by atoms with van der Waals surface area (Å²) in [5, 5.41) is 0. The zero-order chi connectivity index (χ0) is 20.4. The van der Waals surface area contributed by atoms with E-state index in [1.54, 1.807) is 12.4 Å². The van der Waals surface area contributed by atoms with Crippen molar-refractivity contribution < 1.29 is 9.59 Å². The van der Waals surface area contributed by atoms with Gasteiger partial charge in [-0.1, -0.05) is 36.4 Å². The lowest BCUT2D eigenvalue weighted by atomic mass is 9.79. The van der Waals surface area contributed by atoms with Crippen molar-refractivity contribution in [3.8, 4) is 0 Å². The molecule has 0 N–H and O–H groups in total. The molecule has 0 unspecified atom stereocenters. The second-order valence-electron chi connectivity index (χ2n) is 8.37. The van der Waals surface area contributed by atoms with Crippen LogP contribution in [0.5, 0.6) is 0 Å². The van der Waals surface area contributed by atoms with Crippen molar-refractivity contribution >= 4 is 17.5 Å². The topological polar surface area (TPSA) is 50.3 Å². The Kier molecular flexibility index (Phi) is 3.60. The third-order valence-corrected chi connectivity index (χ3v) is 6.69. The molecule has 4 heteroatoms. The highest BCUT2D eigenvalue weighted by atomic mass is 16.2. The van der Waals surface area contributed by atoms with Crippen molar-refractivity contribution in [1.82, 2.24) is 4.98 Å². The summed E-state index contributed by atoms with van der Waals surface area (Å²) in [6.07, 6.45) is 3.46. The minimum absolute atomic E-state index is 0.122. The van der Waals surface area contributed by atoms with Crippen LogP contribution in [0.4, 0.5) is 5.69 Å². The van der Waals surface area contributed by atoms with Gasteiger partial charge in [0.05, 0.1) is 17.0 Å². The first-order chi connectivity index (χ1) is 13.9. The lowest BCUT2D eigenvalue weighted by Crippen LogP contribution is -2.42. The second-order valence-corrected chi connectivity index (χ2v) is 8.37. The maximum absolute atomic E-state index is 13.8. The van der Waals surface area contributed by atoms with E-state index in [9.17, 15) is 9.59 Å². The number of carbonyl (C=O) groups excluding carboxylic acids is 2. The smallest absolute Gasteiger partial charge is 0.241 e. The number of piperidine rings is 1. The number of hydrogen-bond donors (Lipinski definition) is 0. The number of aryl methyl sites for hydroxylation is 2. The maximum Gasteiger partial charge on any atom is 0.241 e. The molecule has 0 spiro atoms. The third kappa shape index (κ3) is 2.11. The lowest BCUT2D eigenvalue weighted by Gasteiger charge is -2.29. The number of hydrogen-bond acceptors (Lipinski definition) is 3. The summed E-state index contributed by atoms with van der Waals surface area (Å²) < 4.78 is 0. The first kappa shape index (κ1) is 17.8. The maximum atomic E-state index is 13.8. The molecule has 5 rings (SSSR count). The second kappa shape index (κ2) is 5.86. The van der Waals surface area contributed by atoms with Gasteiger partial charge in [0, 0.05) is 17.8 Å². The number of amides is 2. The van der Waals surface area contributed by atoms with Crippen LogP contribution >= 0.6 is 0 Å². The van der Waals surface area contributed by atoms with Crippen LogP contribution in [0.3, 0.4) is 0 Å². The Hall–Kier alpha value is -3.27. The van der Waals surface area contributed by atoms with Crippen LogP contribution in [0.15, 0.2) is 73.1 Å². The Morgan fingerprint density at radius 2 is 1.45 bits per heavy atom. The number of pyridine rings is 1. The lowest BCUT2D eigenvalue weighted by molar-refractivity contribution is -0.125. The van der Waals surface area contributed by atoms with Crippen LogP contribution in [0.25, 0.3) is 0 Å². The number of imide groups is 1. The molecule has 3 atom stereocenters. The number of anilines is 1. The van der Waals surface area contributed by atoms with Gasteiger partial charge >= 0.3 is 0 Å². The number of aromatic nitrogens is 1. The largest absolute Gasteiger partial charge is 0.274 e. The number of fused-ring (bicyclic) bond motifs is 1. The molecule has 4 nitrogen and oxygen atoms in total. The van der Waals surface area contributed by atoms with Gasteiger partial charge in [-0.3, -0.25) is 14.6 Å². The highest BCUT2D eigenvalue weighted by Gasteiger charge is 2.86. The Balaban J connectivity index is 1.68. The first-order valence-corrected chi connectivity index (χ1v) is 9.85. The van der Waals surface area contributed by atoms with Crippen molar-refractivity contribution in [2.24, 2.45) is 11.3 Å². The van der Waals surface area contributed by atoms with Gasteiger partial charge in [0.2, 0.25) is 11.8 Å². The van der Waals surface area contributed by atoms with Crippen molar-refractivity contribution in [3.63, 3.8) is 0 Å². The van der Waals surface area contributed by atoms with Crippen molar-refractivity contribution in [1.29, 1.82) is 0 Å². The highest BCUT2D eigenvalue weighted by Crippen LogP contribution is 2.76. The Bertz CT molecular complexity index is 1080. The predicted octanol–water partition coefficient (Wildman–Crippen LogP) is 4.19. The summed E-state index contributed by atoms with van der Waals surface area (Å²) >= 11 is 0. The predicted molar refractivity (Wildman–Crippen MR) is 111 cm³/mol. The Morgan fingerprint density at radius 3 is 2.00 bits per heavy atom. The quantitative estimate of drug-likeness (QED) is 0.638. The Labute approximate surface area is 170 Å². The van der Waals surface area contributed by atoms with Gasteiger partial charge in [-0.25, -0.2) is 4.90 Å². The Morgan fingerprint density at radius 1 is 0.862 bits per heavy atom. The molecule has 2 heterocycles. The molecule has 29 heavy (non-hydrogen) atoms. The monoisotopic (exact) mass is 382 g/mol. The normalized spacial score (nSPS) is 27.8. The molecule has 2 aliphatic rings. The van der Waals surface area contributed by atoms with Gasteiger partial charge < -0.3 is 0 Å². The summed E-state index contributed by atoms with van der Waals surface area (Å²) in [5.74, 6) is -0.672. The van der Waals surface area contributed by atoms with E-state index in [-0.39, 0.29) is 11.8 Å². The molecular formula is C25H22N2O2. The summed E-state index contributed by atoms with van der Waals surface area (Å²) in [5.41, 5.74) is 3.24. The third-order valence-electron chi connectivity index (χ3n) is 6.69. The molecule has 144 valence electrons. The minimum Gasteiger partial charge on any atom is -0.274 e. The molecule has 1 aromatic heterocycles. The summed E-state index contributed by atoms with van der Waals surface area (Å²) in [7, 11) is 0. The van der Waals surface area contributed by atoms with Gasteiger partial charge in [-0.05, 0) is 67.3 Å². The molecule has 2 aromatic carbocycles. The van der Waals surface area contributed by atoms with E-state index in [4.69, 9.17) is 0 Å². The molecule has 0 radical (unpaired) electrons. The number of rotatable bonds is 3. The van der Waals surface area contributed by atoms with E-state index < -0.39 is 16.7 Å².